The van der Waals surface area contributed by atoms with Crippen LogP contribution >= 0.6 is 0 Å². The molecule has 96 valence electrons. The minimum absolute atomic E-state index is 0.0319. The molecular formula is C14H29NO. The molecule has 1 rings (SSSR count). The Kier molecular flexibility index (Phi) is 6.37. The molecule has 1 saturated carbocycles. The van der Waals surface area contributed by atoms with Gasteiger partial charge in [0.05, 0.1) is 5.60 Å². The van der Waals surface area contributed by atoms with Gasteiger partial charge in [-0.3, -0.25) is 0 Å². The first-order valence-electron chi connectivity index (χ1n) is 7.06. The lowest BCUT2D eigenvalue weighted by Gasteiger charge is -2.28. The van der Waals surface area contributed by atoms with Crippen LogP contribution in [-0.2, 0) is 4.74 Å². The van der Waals surface area contributed by atoms with Crippen molar-refractivity contribution in [2.24, 2.45) is 11.7 Å². The van der Waals surface area contributed by atoms with Crippen molar-refractivity contribution in [3.8, 4) is 0 Å². The van der Waals surface area contributed by atoms with Crippen LogP contribution in [0.25, 0.3) is 0 Å². The van der Waals surface area contributed by atoms with Crippen LogP contribution in [0, 0.1) is 5.92 Å². The van der Waals surface area contributed by atoms with E-state index in [0.717, 1.165) is 12.5 Å². The Morgan fingerprint density at radius 1 is 1.25 bits per heavy atom. The van der Waals surface area contributed by atoms with Crippen molar-refractivity contribution >= 4 is 0 Å². The molecule has 1 aliphatic carbocycles. The summed E-state index contributed by atoms with van der Waals surface area (Å²) in [6, 6.07) is 0. The van der Waals surface area contributed by atoms with Gasteiger partial charge < -0.3 is 10.5 Å². The number of hydrogen-bond acceptors (Lipinski definition) is 2. The first kappa shape index (κ1) is 14.0. The molecule has 0 heterocycles. The average molecular weight is 227 g/mol. The summed E-state index contributed by atoms with van der Waals surface area (Å²) in [5, 5.41) is 0. The maximum Gasteiger partial charge on any atom is 0.0806 e. The molecule has 0 aromatic heterocycles. The highest BCUT2D eigenvalue weighted by molar-refractivity contribution is 4.90. The number of unbranched alkanes of at least 4 members (excludes halogenated alkanes) is 4. The van der Waals surface area contributed by atoms with Crippen LogP contribution in [0.3, 0.4) is 0 Å². The molecule has 0 radical (unpaired) electrons. The molecular weight excluding hydrogens is 198 g/mol. The smallest absolute Gasteiger partial charge is 0.0806 e. The van der Waals surface area contributed by atoms with Crippen LogP contribution < -0.4 is 5.73 Å². The fraction of sp³-hybridized carbons (Fsp3) is 1.00. The zero-order chi connectivity index (χ0) is 11.9. The van der Waals surface area contributed by atoms with Crippen molar-refractivity contribution in [2.45, 2.75) is 70.8 Å². The molecule has 0 aliphatic heterocycles. The van der Waals surface area contributed by atoms with Crippen LogP contribution in [0.2, 0.25) is 0 Å². The van der Waals surface area contributed by atoms with Gasteiger partial charge in [0.2, 0.25) is 0 Å². The van der Waals surface area contributed by atoms with Crippen molar-refractivity contribution in [3.63, 3.8) is 0 Å². The molecule has 0 amide bonds. The molecule has 16 heavy (non-hydrogen) atoms. The van der Waals surface area contributed by atoms with Crippen LogP contribution in [-0.4, -0.2) is 18.8 Å². The topological polar surface area (TPSA) is 35.2 Å². The second-order valence-electron chi connectivity index (χ2n) is 5.50. The van der Waals surface area contributed by atoms with Crippen LogP contribution in [0.4, 0.5) is 0 Å². The lowest BCUT2D eigenvalue weighted by atomic mass is 10.0. The van der Waals surface area contributed by atoms with E-state index in [4.69, 9.17) is 10.5 Å². The summed E-state index contributed by atoms with van der Waals surface area (Å²) >= 11 is 0. The second kappa shape index (κ2) is 7.29. The zero-order valence-electron chi connectivity index (χ0n) is 11.1. The largest absolute Gasteiger partial charge is 0.374 e. The fourth-order valence-corrected chi connectivity index (χ4v) is 2.72. The van der Waals surface area contributed by atoms with E-state index in [2.05, 4.69) is 13.8 Å². The molecule has 2 atom stereocenters. The van der Waals surface area contributed by atoms with E-state index < -0.39 is 0 Å². The van der Waals surface area contributed by atoms with E-state index in [9.17, 15) is 0 Å². The molecule has 0 aromatic carbocycles. The highest BCUT2D eigenvalue weighted by Gasteiger charge is 2.36. The monoisotopic (exact) mass is 227 g/mol. The minimum Gasteiger partial charge on any atom is -0.374 e. The van der Waals surface area contributed by atoms with E-state index in [-0.39, 0.29) is 5.60 Å². The Morgan fingerprint density at radius 2 is 2.00 bits per heavy atom. The third-order valence-corrected chi connectivity index (χ3v) is 3.84. The first-order chi connectivity index (χ1) is 7.72. The Bertz CT molecular complexity index is 184. The van der Waals surface area contributed by atoms with Crippen molar-refractivity contribution in [1.29, 1.82) is 0 Å². The number of nitrogens with two attached hydrogens (primary N) is 1. The van der Waals surface area contributed by atoms with Crippen LogP contribution in [0.15, 0.2) is 0 Å². The Morgan fingerprint density at radius 3 is 2.56 bits per heavy atom. The lowest BCUT2D eigenvalue weighted by molar-refractivity contribution is -0.0374. The van der Waals surface area contributed by atoms with Gasteiger partial charge in [-0.15, -0.1) is 0 Å². The van der Waals surface area contributed by atoms with Gasteiger partial charge in [0.15, 0.2) is 0 Å². The second-order valence-corrected chi connectivity index (χ2v) is 5.50. The van der Waals surface area contributed by atoms with E-state index in [1.54, 1.807) is 0 Å². The molecule has 2 heteroatoms. The maximum atomic E-state index is 6.07. The number of hydrogen-bond donors (Lipinski definition) is 1. The van der Waals surface area contributed by atoms with Crippen LogP contribution in [0.1, 0.15) is 65.2 Å². The standard InChI is InChI=1S/C14H29NO/c1-3-4-5-6-7-10-16-14(12-15)9-8-13(2)11-14/h13H,3-12,15H2,1-2H3. The summed E-state index contributed by atoms with van der Waals surface area (Å²) in [4.78, 5) is 0. The summed E-state index contributed by atoms with van der Waals surface area (Å²) in [6.45, 7) is 6.17. The average Bonchev–Trinajstić information content (AvgIpc) is 2.66. The highest BCUT2D eigenvalue weighted by atomic mass is 16.5. The molecule has 0 saturated heterocycles. The normalized spacial score (nSPS) is 29.8. The lowest BCUT2D eigenvalue weighted by Crippen LogP contribution is -2.38. The minimum atomic E-state index is 0.0319. The summed E-state index contributed by atoms with van der Waals surface area (Å²) in [5.74, 6) is 0.795. The molecule has 0 bridgehead atoms. The van der Waals surface area contributed by atoms with E-state index in [1.807, 2.05) is 0 Å². The Hall–Kier alpha value is -0.0800. The Balaban J connectivity index is 2.10. The van der Waals surface area contributed by atoms with Crippen molar-refractivity contribution < 1.29 is 4.74 Å². The predicted molar refractivity (Wildman–Crippen MR) is 69.5 cm³/mol. The van der Waals surface area contributed by atoms with E-state index in [1.165, 1.54) is 51.4 Å². The summed E-state index contributed by atoms with van der Waals surface area (Å²) < 4.78 is 6.07. The van der Waals surface area contributed by atoms with Gasteiger partial charge in [-0.1, -0.05) is 39.5 Å². The van der Waals surface area contributed by atoms with Gasteiger partial charge in [0.25, 0.3) is 0 Å². The van der Waals surface area contributed by atoms with Crippen molar-refractivity contribution in [1.82, 2.24) is 0 Å². The highest BCUT2D eigenvalue weighted by Crippen LogP contribution is 2.36. The predicted octanol–water partition coefficient (Wildman–Crippen LogP) is 3.49. The van der Waals surface area contributed by atoms with Gasteiger partial charge in [0, 0.05) is 13.2 Å². The third kappa shape index (κ3) is 4.42. The van der Waals surface area contributed by atoms with Crippen molar-refractivity contribution in [3.05, 3.63) is 0 Å². The molecule has 2 unspecified atom stereocenters. The van der Waals surface area contributed by atoms with Crippen LogP contribution in [0.5, 0.6) is 0 Å². The summed E-state index contributed by atoms with van der Waals surface area (Å²) in [7, 11) is 0. The maximum absolute atomic E-state index is 6.07. The van der Waals surface area contributed by atoms with Gasteiger partial charge in [-0.05, 0) is 31.6 Å². The van der Waals surface area contributed by atoms with E-state index >= 15 is 0 Å². The van der Waals surface area contributed by atoms with Gasteiger partial charge >= 0.3 is 0 Å². The van der Waals surface area contributed by atoms with Crippen molar-refractivity contribution in [2.75, 3.05) is 13.2 Å². The summed E-state index contributed by atoms with van der Waals surface area (Å²) in [5.41, 5.74) is 5.90. The zero-order valence-corrected chi connectivity index (χ0v) is 11.1. The van der Waals surface area contributed by atoms with E-state index in [0.29, 0.717) is 6.54 Å². The quantitative estimate of drug-likeness (QED) is 0.644. The molecule has 2 N–H and O–H groups in total. The molecule has 2 nitrogen and oxygen atoms in total. The van der Waals surface area contributed by atoms with Gasteiger partial charge in [-0.2, -0.15) is 0 Å². The first-order valence-corrected chi connectivity index (χ1v) is 7.06. The number of rotatable bonds is 8. The number of ether oxygens (including phenoxy) is 1. The Labute approximate surface area is 101 Å². The molecule has 0 aromatic rings. The molecule has 1 fully saturated rings. The summed E-state index contributed by atoms with van der Waals surface area (Å²) in [6.07, 6.45) is 10.2. The van der Waals surface area contributed by atoms with Gasteiger partial charge in [-0.25, -0.2) is 0 Å². The third-order valence-electron chi connectivity index (χ3n) is 3.84. The SMILES string of the molecule is CCCCCCCOC1(CN)CCC(C)C1. The molecule has 1 aliphatic rings. The molecule has 0 spiro atoms. The van der Waals surface area contributed by atoms with Gasteiger partial charge in [0.1, 0.15) is 0 Å². The fourth-order valence-electron chi connectivity index (χ4n) is 2.72.